The second-order valence-corrected chi connectivity index (χ2v) is 3.52. The van der Waals surface area contributed by atoms with Crippen LogP contribution in [-0.2, 0) is 23.9 Å². The minimum absolute atomic E-state index is 0.223. The third kappa shape index (κ3) is 5.41. The van der Waals surface area contributed by atoms with Gasteiger partial charge in [-0.2, -0.15) is 0 Å². The normalized spacial score (nSPS) is 17.5. The van der Waals surface area contributed by atoms with E-state index in [0.717, 1.165) is 13.8 Å². The molecule has 0 fully saturated rings. The first-order valence-electron chi connectivity index (χ1n) is 4.95. The van der Waals surface area contributed by atoms with E-state index in [4.69, 9.17) is 0 Å². The van der Waals surface area contributed by atoms with Gasteiger partial charge in [-0.25, -0.2) is 0 Å². The lowest BCUT2D eigenvalue weighted by Crippen LogP contribution is -2.48. The number of rotatable bonds is 6. The number of aliphatic hydroxyl groups is 2. The Morgan fingerprint density at radius 2 is 1.59 bits per heavy atom. The maximum absolute atomic E-state index is 10.8. The summed E-state index contributed by atoms with van der Waals surface area (Å²) >= 11 is 0. The zero-order valence-electron chi connectivity index (χ0n) is 9.82. The van der Waals surface area contributed by atoms with Gasteiger partial charge in [-0.1, -0.05) is 0 Å². The molecule has 0 aromatic rings. The van der Waals surface area contributed by atoms with E-state index in [-0.39, 0.29) is 6.29 Å². The summed E-state index contributed by atoms with van der Waals surface area (Å²) in [6, 6.07) is 0. The van der Waals surface area contributed by atoms with Gasteiger partial charge in [0.1, 0.15) is 6.10 Å². The molecule has 0 rings (SSSR count). The van der Waals surface area contributed by atoms with Gasteiger partial charge in [0.2, 0.25) is 0 Å². The first-order valence-corrected chi connectivity index (χ1v) is 4.95. The molecule has 0 spiro atoms. The fourth-order valence-corrected chi connectivity index (χ4v) is 1.16. The highest BCUT2D eigenvalue weighted by atomic mass is 16.6. The monoisotopic (exact) mass is 248 g/mol. The third-order valence-corrected chi connectivity index (χ3v) is 1.89. The van der Waals surface area contributed by atoms with Crippen LogP contribution in [0.1, 0.15) is 20.8 Å². The number of aliphatic hydroxyl groups excluding tert-OH is 2. The predicted molar refractivity (Wildman–Crippen MR) is 54.9 cm³/mol. The molecule has 0 heterocycles. The van der Waals surface area contributed by atoms with E-state index in [1.54, 1.807) is 0 Å². The van der Waals surface area contributed by atoms with Crippen molar-refractivity contribution in [1.82, 2.24) is 0 Å². The molecule has 0 aromatic heterocycles. The molecule has 0 saturated carbocycles. The molecule has 4 atom stereocenters. The van der Waals surface area contributed by atoms with Crippen LogP contribution in [0.15, 0.2) is 0 Å². The fraction of sp³-hybridized carbons (Fsp3) is 0.700. The van der Waals surface area contributed by atoms with Crippen LogP contribution in [0.5, 0.6) is 0 Å². The van der Waals surface area contributed by atoms with Crippen LogP contribution in [0.4, 0.5) is 0 Å². The molecule has 7 nitrogen and oxygen atoms in total. The standard InChI is InChI=1S/C10H16O7/c1-5(12)9(15)10(17-7(3)14)8(4-11)16-6(2)13/h4-5,8-10,12,15H,1-3H3/t5-,8-,9-,10-/m1/s1. The number of esters is 2. The van der Waals surface area contributed by atoms with Crippen LogP contribution >= 0.6 is 0 Å². The second kappa shape index (κ2) is 6.97. The number of ether oxygens (including phenoxy) is 2. The van der Waals surface area contributed by atoms with Crippen molar-refractivity contribution in [3.05, 3.63) is 0 Å². The minimum atomic E-state index is -1.53. The SMILES string of the molecule is CC(=O)O[C@@H]([C@H](O)[C@@H](C)O)[C@@H](C=O)OC(C)=O. The van der Waals surface area contributed by atoms with Crippen molar-refractivity contribution in [3.8, 4) is 0 Å². The minimum Gasteiger partial charge on any atom is -0.455 e. The van der Waals surface area contributed by atoms with Gasteiger partial charge in [0.15, 0.2) is 18.5 Å². The molecule has 17 heavy (non-hydrogen) atoms. The Morgan fingerprint density at radius 1 is 1.12 bits per heavy atom. The summed E-state index contributed by atoms with van der Waals surface area (Å²) in [6.45, 7) is 3.38. The number of carbonyl (C=O) groups excluding carboxylic acids is 3. The lowest BCUT2D eigenvalue weighted by Gasteiger charge is -2.28. The quantitative estimate of drug-likeness (QED) is 0.448. The average Bonchev–Trinajstić information content (AvgIpc) is 2.21. The summed E-state index contributed by atoms with van der Waals surface area (Å²) in [4.78, 5) is 32.3. The van der Waals surface area contributed by atoms with E-state index in [2.05, 4.69) is 9.47 Å². The van der Waals surface area contributed by atoms with Crippen molar-refractivity contribution in [3.63, 3.8) is 0 Å². The lowest BCUT2D eigenvalue weighted by molar-refractivity contribution is -0.180. The molecule has 2 N–H and O–H groups in total. The molecule has 0 saturated heterocycles. The lowest BCUT2D eigenvalue weighted by atomic mass is 10.0. The molecule has 0 unspecified atom stereocenters. The Hall–Kier alpha value is -1.47. The summed E-state index contributed by atoms with van der Waals surface area (Å²) in [5.41, 5.74) is 0. The van der Waals surface area contributed by atoms with Crippen molar-refractivity contribution in [2.75, 3.05) is 0 Å². The molecular formula is C10H16O7. The number of hydrogen-bond donors (Lipinski definition) is 2. The van der Waals surface area contributed by atoms with Crippen LogP contribution < -0.4 is 0 Å². The molecule has 0 aliphatic carbocycles. The molecule has 0 aromatic carbocycles. The highest BCUT2D eigenvalue weighted by Crippen LogP contribution is 2.12. The first-order chi connectivity index (χ1) is 7.79. The Kier molecular flexibility index (Phi) is 6.37. The smallest absolute Gasteiger partial charge is 0.303 e. The number of hydrogen-bond acceptors (Lipinski definition) is 7. The van der Waals surface area contributed by atoms with Crippen LogP contribution in [0, 0.1) is 0 Å². The van der Waals surface area contributed by atoms with Gasteiger partial charge in [-0.05, 0) is 6.92 Å². The van der Waals surface area contributed by atoms with E-state index >= 15 is 0 Å². The van der Waals surface area contributed by atoms with Crippen molar-refractivity contribution in [2.45, 2.75) is 45.2 Å². The van der Waals surface area contributed by atoms with Crippen LogP contribution in [0.3, 0.4) is 0 Å². The molecule has 98 valence electrons. The van der Waals surface area contributed by atoms with E-state index in [1.807, 2.05) is 0 Å². The van der Waals surface area contributed by atoms with Gasteiger partial charge >= 0.3 is 11.9 Å². The Balaban J connectivity index is 4.91. The van der Waals surface area contributed by atoms with Gasteiger partial charge < -0.3 is 19.7 Å². The maximum Gasteiger partial charge on any atom is 0.303 e. The molecule has 0 radical (unpaired) electrons. The van der Waals surface area contributed by atoms with Crippen LogP contribution in [-0.4, -0.2) is 52.9 Å². The highest BCUT2D eigenvalue weighted by molar-refractivity contribution is 5.71. The Morgan fingerprint density at radius 3 is 1.88 bits per heavy atom. The van der Waals surface area contributed by atoms with E-state index in [1.165, 1.54) is 6.92 Å². The highest BCUT2D eigenvalue weighted by Gasteiger charge is 2.36. The van der Waals surface area contributed by atoms with Gasteiger partial charge in [-0.3, -0.25) is 14.4 Å². The fourth-order valence-electron chi connectivity index (χ4n) is 1.16. The summed E-state index contributed by atoms with van der Waals surface area (Å²) in [5.74, 6) is -1.54. The summed E-state index contributed by atoms with van der Waals surface area (Å²) in [5, 5.41) is 18.8. The van der Waals surface area contributed by atoms with Crippen molar-refractivity contribution < 1.29 is 34.1 Å². The van der Waals surface area contributed by atoms with Gasteiger partial charge in [0.25, 0.3) is 0 Å². The Labute approximate surface area is 98.3 Å². The maximum atomic E-state index is 10.8. The zero-order valence-corrected chi connectivity index (χ0v) is 9.82. The predicted octanol–water partition coefficient (Wildman–Crippen LogP) is -1.21. The molecule has 0 aliphatic heterocycles. The Bertz CT molecular complexity index is 286. The largest absolute Gasteiger partial charge is 0.455 e. The van der Waals surface area contributed by atoms with Gasteiger partial charge in [0, 0.05) is 13.8 Å². The zero-order chi connectivity index (χ0) is 13.6. The third-order valence-electron chi connectivity index (χ3n) is 1.89. The van der Waals surface area contributed by atoms with E-state index < -0.39 is 36.4 Å². The van der Waals surface area contributed by atoms with Crippen LogP contribution in [0.2, 0.25) is 0 Å². The molecule has 0 bridgehead atoms. The van der Waals surface area contributed by atoms with Crippen LogP contribution in [0.25, 0.3) is 0 Å². The van der Waals surface area contributed by atoms with Crippen molar-refractivity contribution >= 4 is 18.2 Å². The van der Waals surface area contributed by atoms with Crippen molar-refractivity contribution in [1.29, 1.82) is 0 Å². The topological polar surface area (TPSA) is 110 Å². The summed E-state index contributed by atoms with van der Waals surface area (Å²) in [7, 11) is 0. The first kappa shape index (κ1) is 15.5. The average molecular weight is 248 g/mol. The van der Waals surface area contributed by atoms with Crippen molar-refractivity contribution in [2.24, 2.45) is 0 Å². The van der Waals surface area contributed by atoms with E-state index in [0.29, 0.717) is 0 Å². The number of carbonyl (C=O) groups is 3. The van der Waals surface area contributed by atoms with E-state index in [9.17, 15) is 24.6 Å². The second-order valence-electron chi connectivity index (χ2n) is 3.52. The molecular weight excluding hydrogens is 232 g/mol. The summed E-state index contributed by atoms with van der Waals surface area (Å²) < 4.78 is 9.25. The molecule has 0 aliphatic rings. The van der Waals surface area contributed by atoms with Gasteiger partial charge in [-0.15, -0.1) is 0 Å². The molecule has 7 heteroatoms. The molecule has 0 amide bonds. The summed E-state index contributed by atoms with van der Waals surface area (Å²) in [6.07, 6.45) is -5.46. The number of aldehydes is 1. The van der Waals surface area contributed by atoms with Gasteiger partial charge in [0.05, 0.1) is 6.10 Å².